The van der Waals surface area contributed by atoms with Gasteiger partial charge in [-0.25, -0.2) is 4.79 Å². The zero-order valence-electron chi connectivity index (χ0n) is 18.8. The highest BCUT2D eigenvalue weighted by Crippen LogP contribution is 2.35. The second-order valence-corrected chi connectivity index (χ2v) is 10.0. The van der Waals surface area contributed by atoms with E-state index in [-0.39, 0.29) is 17.6 Å². The average molecular weight is 425 g/mol. The van der Waals surface area contributed by atoms with Crippen LogP contribution in [0.1, 0.15) is 52.5 Å². The van der Waals surface area contributed by atoms with E-state index in [2.05, 4.69) is 29.6 Å². The Morgan fingerprint density at radius 1 is 1.13 bits per heavy atom. The zero-order chi connectivity index (χ0) is 22.2. The minimum Gasteiger partial charge on any atom is -0.444 e. The van der Waals surface area contributed by atoms with E-state index in [4.69, 9.17) is 9.47 Å². The molecule has 166 valence electrons. The highest BCUT2D eigenvalue weighted by Gasteiger charge is 2.46. The van der Waals surface area contributed by atoms with Crippen molar-refractivity contribution in [2.75, 3.05) is 6.54 Å². The van der Waals surface area contributed by atoms with Gasteiger partial charge in [0, 0.05) is 12.0 Å². The molecule has 6 heteroatoms. The minimum atomic E-state index is -0.623. The summed E-state index contributed by atoms with van der Waals surface area (Å²) in [7, 11) is 0. The van der Waals surface area contributed by atoms with Gasteiger partial charge in [0.25, 0.3) is 0 Å². The van der Waals surface area contributed by atoms with Gasteiger partial charge in [0.2, 0.25) is 5.91 Å². The van der Waals surface area contributed by atoms with Crippen LogP contribution >= 0.6 is 0 Å². The summed E-state index contributed by atoms with van der Waals surface area (Å²) < 4.78 is 11.8. The van der Waals surface area contributed by atoms with Crippen LogP contribution in [0.15, 0.2) is 42.5 Å². The molecule has 0 spiro atoms. The standard InChI is InChI=1S/C25H32N2O4/c1-24(2,3)31-23(29)27-15-19(14-21(27)22(28)26-25(4)12-13-25)30-16-18-10-7-9-17-8-5-6-11-20(17)18/h5-11,19,21H,12-16H2,1-4H3,(H,26,28)/t19-,21+/m1/s1. The largest absolute Gasteiger partial charge is 0.444 e. The van der Waals surface area contributed by atoms with Gasteiger partial charge in [0.05, 0.1) is 19.3 Å². The lowest BCUT2D eigenvalue weighted by Crippen LogP contribution is -2.50. The van der Waals surface area contributed by atoms with Gasteiger partial charge in [0.1, 0.15) is 11.6 Å². The Labute approximate surface area is 183 Å². The Bertz CT molecular complexity index is 944. The summed E-state index contributed by atoms with van der Waals surface area (Å²) in [6.45, 7) is 8.29. The third-order valence-corrected chi connectivity index (χ3v) is 5.97. The maximum atomic E-state index is 13.0. The van der Waals surface area contributed by atoms with E-state index in [9.17, 15) is 9.59 Å². The van der Waals surface area contributed by atoms with Crippen LogP contribution in [0, 0.1) is 0 Å². The lowest BCUT2D eigenvalue weighted by Gasteiger charge is -2.28. The molecule has 2 aromatic rings. The number of hydrogen-bond donors (Lipinski definition) is 1. The molecule has 1 heterocycles. The van der Waals surface area contributed by atoms with Gasteiger partial charge in [-0.1, -0.05) is 42.5 Å². The molecule has 2 aromatic carbocycles. The highest BCUT2D eigenvalue weighted by molar-refractivity contribution is 5.87. The first-order valence-corrected chi connectivity index (χ1v) is 11.0. The maximum absolute atomic E-state index is 13.0. The van der Waals surface area contributed by atoms with E-state index in [0.717, 1.165) is 23.8 Å². The number of carbonyl (C=O) groups excluding carboxylic acids is 2. The van der Waals surface area contributed by atoms with Crippen LogP contribution in [-0.4, -0.2) is 46.7 Å². The molecule has 2 atom stereocenters. The third-order valence-electron chi connectivity index (χ3n) is 5.97. The van der Waals surface area contributed by atoms with Crippen molar-refractivity contribution in [3.63, 3.8) is 0 Å². The summed E-state index contributed by atoms with van der Waals surface area (Å²) in [5, 5.41) is 5.42. The molecule has 1 aliphatic carbocycles. The van der Waals surface area contributed by atoms with Crippen molar-refractivity contribution in [1.29, 1.82) is 0 Å². The number of likely N-dealkylation sites (tertiary alicyclic amines) is 1. The number of rotatable bonds is 5. The van der Waals surface area contributed by atoms with Crippen molar-refractivity contribution >= 4 is 22.8 Å². The molecule has 1 N–H and O–H groups in total. The number of ether oxygens (including phenoxy) is 2. The van der Waals surface area contributed by atoms with Gasteiger partial charge in [-0.05, 0) is 56.9 Å². The molecule has 2 aliphatic rings. The molecule has 0 bridgehead atoms. The summed E-state index contributed by atoms with van der Waals surface area (Å²) >= 11 is 0. The number of amides is 2. The smallest absolute Gasteiger partial charge is 0.411 e. The number of benzene rings is 2. The first-order chi connectivity index (χ1) is 14.6. The van der Waals surface area contributed by atoms with E-state index < -0.39 is 17.7 Å². The number of nitrogens with one attached hydrogen (secondary N) is 1. The van der Waals surface area contributed by atoms with Crippen LogP contribution in [0.4, 0.5) is 4.79 Å². The van der Waals surface area contributed by atoms with Crippen LogP contribution in [0.3, 0.4) is 0 Å². The SMILES string of the molecule is CC1(NC(=O)[C@@H]2C[C@@H](OCc3cccc4ccccc34)CN2C(=O)OC(C)(C)C)CC1. The first-order valence-electron chi connectivity index (χ1n) is 11.0. The third kappa shape index (κ3) is 5.18. The fourth-order valence-electron chi connectivity index (χ4n) is 4.01. The van der Waals surface area contributed by atoms with Crippen molar-refractivity contribution in [2.24, 2.45) is 0 Å². The van der Waals surface area contributed by atoms with Gasteiger partial charge < -0.3 is 14.8 Å². The summed E-state index contributed by atoms with van der Waals surface area (Å²) in [6.07, 6.45) is 1.71. The topological polar surface area (TPSA) is 67.9 Å². The van der Waals surface area contributed by atoms with Crippen molar-refractivity contribution in [3.05, 3.63) is 48.0 Å². The van der Waals surface area contributed by atoms with Gasteiger partial charge in [-0.15, -0.1) is 0 Å². The summed E-state index contributed by atoms with van der Waals surface area (Å²) in [5.74, 6) is -0.123. The number of nitrogens with zero attached hydrogens (tertiary/aromatic N) is 1. The Balaban J connectivity index is 1.46. The number of hydrogen-bond acceptors (Lipinski definition) is 4. The lowest BCUT2D eigenvalue weighted by atomic mass is 10.1. The average Bonchev–Trinajstić information content (AvgIpc) is 3.26. The Hall–Kier alpha value is -2.60. The fourth-order valence-corrected chi connectivity index (χ4v) is 4.01. The Morgan fingerprint density at radius 2 is 1.84 bits per heavy atom. The summed E-state index contributed by atoms with van der Waals surface area (Å²) in [6, 6.07) is 13.8. The molecule has 2 amide bonds. The highest BCUT2D eigenvalue weighted by atomic mass is 16.6. The second kappa shape index (κ2) is 8.15. The molecule has 2 fully saturated rings. The molecule has 4 rings (SSSR count). The van der Waals surface area contributed by atoms with Crippen LogP contribution < -0.4 is 5.32 Å². The van der Waals surface area contributed by atoms with Crippen molar-refractivity contribution in [2.45, 2.75) is 76.9 Å². The predicted octanol–water partition coefficient (Wildman–Crippen LogP) is 4.40. The number of carbonyl (C=O) groups is 2. The molecular formula is C25H32N2O4. The second-order valence-electron chi connectivity index (χ2n) is 10.0. The van der Waals surface area contributed by atoms with Crippen LogP contribution in [0.5, 0.6) is 0 Å². The lowest BCUT2D eigenvalue weighted by molar-refractivity contribution is -0.126. The zero-order valence-corrected chi connectivity index (χ0v) is 18.8. The molecular weight excluding hydrogens is 392 g/mol. The Morgan fingerprint density at radius 3 is 2.55 bits per heavy atom. The van der Waals surface area contributed by atoms with Crippen LogP contribution in [-0.2, 0) is 20.9 Å². The van der Waals surface area contributed by atoms with E-state index in [1.807, 2.05) is 45.9 Å². The quantitative estimate of drug-likeness (QED) is 0.772. The molecule has 1 saturated carbocycles. The van der Waals surface area contributed by atoms with Crippen molar-refractivity contribution < 1.29 is 19.1 Å². The fraction of sp³-hybridized carbons (Fsp3) is 0.520. The van der Waals surface area contributed by atoms with Crippen LogP contribution in [0.25, 0.3) is 10.8 Å². The molecule has 1 saturated heterocycles. The molecule has 0 radical (unpaired) electrons. The van der Waals surface area contributed by atoms with Crippen molar-refractivity contribution in [1.82, 2.24) is 10.2 Å². The van der Waals surface area contributed by atoms with E-state index >= 15 is 0 Å². The van der Waals surface area contributed by atoms with Gasteiger partial charge in [-0.2, -0.15) is 0 Å². The molecule has 31 heavy (non-hydrogen) atoms. The molecule has 6 nitrogen and oxygen atoms in total. The molecule has 0 unspecified atom stereocenters. The predicted molar refractivity (Wildman–Crippen MR) is 120 cm³/mol. The monoisotopic (exact) mass is 424 g/mol. The number of fused-ring (bicyclic) bond motifs is 1. The van der Waals surface area contributed by atoms with Gasteiger partial charge in [-0.3, -0.25) is 9.69 Å². The van der Waals surface area contributed by atoms with E-state index in [1.54, 1.807) is 0 Å². The molecule has 1 aliphatic heterocycles. The van der Waals surface area contributed by atoms with Gasteiger partial charge >= 0.3 is 6.09 Å². The molecule has 0 aromatic heterocycles. The summed E-state index contributed by atoms with van der Waals surface area (Å²) in [5.41, 5.74) is 0.335. The van der Waals surface area contributed by atoms with Crippen LogP contribution in [0.2, 0.25) is 0 Å². The Kier molecular flexibility index (Phi) is 5.69. The van der Waals surface area contributed by atoms with E-state index in [0.29, 0.717) is 19.6 Å². The summed E-state index contributed by atoms with van der Waals surface area (Å²) in [4.78, 5) is 27.3. The van der Waals surface area contributed by atoms with E-state index in [1.165, 1.54) is 10.3 Å². The normalized spacial score (nSPS) is 22.4. The van der Waals surface area contributed by atoms with Crippen molar-refractivity contribution in [3.8, 4) is 0 Å². The van der Waals surface area contributed by atoms with Gasteiger partial charge in [0.15, 0.2) is 0 Å². The first kappa shape index (κ1) is 21.6. The minimum absolute atomic E-state index is 0.123. The maximum Gasteiger partial charge on any atom is 0.411 e.